The van der Waals surface area contributed by atoms with Gasteiger partial charge in [-0.25, -0.2) is 0 Å². The van der Waals surface area contributed by atoms with E-state index in [1.165, 1.54) is 11.1 Å². The number of nitrogens with zero attached hydrogens (tertiary/aromatic N) is 2. The molecule has 0 fully saturated rings. The highest BCUT2D eigenvalue weighted by Gasteiger charge is 2.03. The maximum atomic E-state index is 5.90. The SMILES string of the molecule is Clc1ccc(CNc2ccccc2Cn2cccn2)cc1. The third-order valence-corrected chi connectivity index (χ3v) is 3.56. The molecule has 0 saturated carbocycles. The van der Waals surface area contributed by atoms with Gasteiger partial charge in [-0.05, 0) is 35.4 Å². The zero-order valence-corrected chi connectivity index (χ0v) is 12.3. The van der Waals surface area contributed by atoms with Crippen molar-refractivity contribution in [2.75, 3.05) is 5.32 Å². The highest BCUT2D eigenvalue weighted by Crippen LogP contribution is 2.18. The zero-order valence-electron chi connectivity index (χ0n) is 11.5. The number of hydrogen-bond acceptors (Lipinski definition) is 2. The molecule has 0 atom stereocenters. The molecule has 21 heavy (non-hydrogen) atoms. The normalized spacial score (nSPS) is 10.5. The highest BCUT2D eigenvalue weighted by molar-refractivity contribution is 6.30. The van der Waals surface area contributed by atoms with Gasteiger partial charge in [-0.1, -0.05) is 41.9 Å². The second-order valence-electron chi connectivity index (χ2n) is 4.84. The van der Waals surface area contributed by atoms with E-state index in [1.54, 1.807) is 6.20 Å². The number of rotatable bonds is 5. The number of hydrogen-bond donors (Lipinski definition) is 1. The molecule has 0 aliphatic carbocycles. The Hall–Kier alpha value is -2.26. The first kappa shape index (κ1) is 13.7. The summed E-state index contributed by atoms with van der Waals surface area (Å²) < 4.78 is 1.92. The van der Waals surface area contributed by atoms with Gasteiger partial charge in [0, 0.05) is 29.6 Å². The van der Waals surface area contributed by atoms with Crippen LogP contribution in [-0.2, 0) is 13.1 Å². The average Bonchev–Trinajstić information content (AvgIpc) is 3.01. The molecule has 0 radical (unpaired) electrons. The molecule has 106 valence electrons. The fourth-order valence-corrected chi connectivity index (χ4v) is 2.32. The fraction of sp³-hybridized carbons (Fsp3) is 0.118. The van der Waals surface area contributed by atoms with Crippen LogP contribution in [0.25, 0.3) is 0 Å². The Morgan fingerprint density at radius 1 is 1.00 bits per heavy atom. The zero-order chi connectivity index (χ0) is 14.5. The molecule has 1 N–H and O–H groups in total. The van der Waals surface area contributed by atoms with E-state index in [-0.39, 0.29) is 0 Å². The average molecular weight is 298 g/mol. The first-order chi connectivity index (χ1) is 10.3. The maximum Gasteiger partial charge on any atom is 0.0679 e. The van der Waals surface area contributed by atoms with Gasteiger partial charge in [0.2, 0.25) is 0 Å². The van der Waals surface area contributed by atoms with Gasteiger partial charge in [0.15, 0.2) is 0 Å². The van der Waals surface area contributed by atoms with Crippen molar-refractivity contribution in [2.24, 2.45) is 0 Å². The Kier molecular flexibility index (Phi) is 4.22. The van der Waals surface area contributed by atoms with E-state index >= 15 is 0 Å². The van der Waals surface area contributed by atoms with Crippen molar-refractivity contribution in [1.29, 1.82) is 0 Å². The van der Waals surface area contributed by atoms with E-state index < -0.39 is 0 Å². The minimum absolute atomic E-state index is 0.761. The first-order valence-electron chi connectivity index (χ1n) is 6.85. The summed E-state index contributed by atoms with van der Waals surface area (Å²) in [7, 11) is 0. The van der Waals surface area contributed by atoms with Crippen LogP contribution in [0.4, 0.5) is 5.69 Å². The van der Waals surface area contributed by atoms with Crippen molar-refractivity contribution in [3.63, 3.8) is 0 Å². The van der Waals surface area contributed by atoms with Gasteiger partial charge in [-0.15, -0.1) is 0 Å². The smallest absolute Gasteiger partial charge is 0.0679 e. The lowest BCUT2D eigenvalue weighted by Gasteiger charge is -2.12. The van der Waals surface area contributed by atoms with Gasteiger partial charge in [0.1, 0.15) is 0 Å². The Morgan fingerprint density at radius 3 is 2.57 bits per heavy atom. The highest BCUT2D eigenvalue weighted by atomic mass is 35.5. The van der Waals surface area contributed by atoms with E-state index in [0.717, 1.165) is 23.8 Å². The predicted molar refractivity (Wildman–Crippen MR) is 86.5 cm³/mol. The van der Waals surface area contributed by atoms with Crippen molar-refractivity contribution < 1.29 is 0 Å². The molecular formula is C17H16ClN3. The molecule has 1 heterocycles. The van der Waals surface area contributed by atoms with Crippen LogP contribution >= 0.6 is 11.6 Å². The summed E-state index contributed by atoms with van der Waals surface area (Å²) in [5.74, 6) is 0. The Morgan fingerprint density at radius 2 is 1.81 bits per heavy atom. The number of aromatic nitrogens is 2. The van der Waals surface area contributed by atoms with E-state index in [0.29, 0.717) is 0 Å². The van der Waals surface area contributed by atoms with Crippen LogP contribution < -0.4 is 5.32 Å². The third kappa shape index (κ3) is 3.64. The van der Waals surface area contributed by atoms with Crippen molar-refractivity contribution in [1.82, 2.24) is 9.78 Å². The Labute approximate surface area is 129 Å². The Balaban J connectivity index is 1.71. The van der Waals surface area contributed by atoms with Gasteiger partial charge in [0.05, 0.1) is 6.54 Å². The summed E-state index contributed by atoms with van der Waals surface area (Å²) in [6, 6.07) is 18.1. The molecule has 2 aromatic carbocycles. The van der Waals surface area contributed by atoms with Crippen LogP contribution in [0.3, 0.4) is 0 Å². The lowest BCUT2D eigenvalue weighted by Crippen LogP contribution is -2.06. The van der Waals surface area contributed by atoms with Gasteiger partial charge in [-0.3, -0.25) is 4.68 Å². The van der Waals surface area contributed by atoms with E-state index in [1.807, 2.05) is 53.3 Å². The number of para-hydroxylation sites is 1. The largest absolute Gasteiger partial charge is 0.381 e. The van der Waals surface area contributed by atoms with Crippen LogP contribution in [0.2, 0.25) is 5.02 Å². The van der Waals surface area contributed by atoms with Crippen LogP contribution in [0.1, 0.15) is 11.1 Å². The van der Waals surface area contributed by atoms with Crippen LogP contribution in [0, 0.1) is 0 Å². The summed E-state index contributed by atoms with van der Waals surface area (Å²) in [5.41, 5.74) is 3.55. The summed E-state index contributed by atoms with van der Waals surface area (Å²) in [6.45, 7) is 1.53. The molecule has 0 unspecified atom stereocenters. The number of benzene rings is 2. The summed E-state index contributed by atoms with van der Waals surface area (Å²) in [4.78, 5) is 0. The fourth-order valence-electron chi connectivity index (χ4n) is 2.20. The van der Waals surface area contributed by atoms with Gasteiger partial charge in [0.25, 0.3) is 0 Å². The third-order valence-electron chi connectivity index (χ3n) is 3.31. The molecule has 3 aromatic rings. The molecule has 1 aromatic heterocycles. The van der Waals surface area contributed by atoms with E-state index in [2.05, 4.69) is 22.5 Å². The van der Waals surface area contributed by atoms with Gasteiger partial charge < -0.3 is 5.32 Å². The second kappa shape index (κ2) is 6.46. The van der Waals surface area contributed by atoms with Crippen molar-refractivity contribution in [2.45, 2.75) is 13.1 Å². The minimum atomic E-state index is 0.761. The molecule has 0 spiro atoms. The quantitative estimate of drug-likeness (QED) is 0.765. The predicted octanol–water partition coefficient (Wildman–Crippen LogP) is 4.20. The van der Waals surface area contributed by atoms with E-state index in [4.69, 9.17) is 11.6 Å². The topological polar surface area (TPSA) is 29.9 Å². The van der Waals surface area contributed by atoms with Crippen LogP contribution in [-0.4, -0.2) is 9.78 Å². The second-order valence-corrected chi connectivity index (χ2v) is 5.28. The first-order valence-corrected chi connectivity index (χ1v) is 7.23. The lowest BCUT2D eigenvalue weighted by atomic mass is 10.1. The van der Waals surface area contributed by atoms with E-state index in [9.17, 15) is 0 Å². The lowest BCUT2D eigenvalue weighted by molar-refractivity contribution is 0.687. The van der Waals surface area contributed by atoms with Crippen LogP contribution in [0.5, 0.6) is 0 Å². The van der Waals surface area contributed by atoms with Crippen molar-refractivity contribution in [3.05, 3.63) is 83.1 Å². The van der Waals surface area contributed by atoms with Crippen molar-refractivity contribution in [3.8, 4) is 0 Å². The molecule has 0 aliphatic rings. The minimum Gasteiger partial charge on any atom is -0.381 e. The van der Waals surface area contributed by atoms with Gasteiger partial charge in [-0.2, -0.15) is 5.10 Å². The molecule has 4 heteroatoms. The summed E-state index contributed by atoms with van der Waals surface area (Å²) >= 11 is 5.90. The molecular weight excluding hydrogens is 282 g/mol. The number of anilines is 1. The van der Waals surface area contributed by atoms with Crippen molar-refractivity contribution >= 4 is 17.3 Å². The molecule has 0 amide bonds. The number of nitrogens with one attached hydrogen (secondary N) is 1. The molecule has 3 rings (SSSR count). The molecule has 0 bridgehead atoms. The summed E-state index contributed by atoms with van der Waals surface area (Å²) in [6.07, 6.45) is 3.76. The monoisotopic (exact) mass is 297 g/mol. The maximum absolute atomic E-state index is 5.90. The molecule has 3 nitrogen and oxygen atoms in total. The number of halogens is 1. The molecule has 0 saturated heterocycles. The Bertz CT molecular complexity index is 690. The standard InChI is InChI=1S/C17H16ClN3/c18-16-8-6-14(7-9-16)12-19-17-5-2-1-4-15(17)13-21-11-3-10-20-21/h1-11,19H,12-13H2. The van der Waals surface area contributed by atoms with Gasteiger partial charge >= 0.3 is 0 Å². The van der Waals surface area contributed by atoms with Crippen LogP contribution in [0.15, 0.2) is 67.0 Å². The molecule has 0 aliphatic heterocycles. The summed E-state index contributed by atoms with van der Waals surface area (Å²) in [5, 5.41) is 8.49.